The standard InChI is InChI=1S/C10H9BrF2O/c11-8-5-4-7-6(8)2-1-3-9(7)14-10(12)13/h1-3,8,10H,4-5H2. The van der Waals surface area contributed by atoms with E-state index in [4.69, 9.17) is 0 Å². The molecule has 14 heavy (non-hydrogen) atoms. The van der Waals surface area contributed by atoms with Gasteiger partial charge < -0.3 is 4.74 Å². The van der Waals surface area contributed by atoms with E-state index < -0.39 is 6.61 Å². The lowest BCUT2D eigenvalue weighted by Crippen LogP contribution is -2.04. The molecule has 1 aromatic rings. The van der Waals surface area contributed by atoms with Crippen LogP contribution in [0.1, 0.15) is 22.4 Å². The molecule has 0 aromatic heterocycles. The topological polar surface area (TPSA) is 9.23 Å². The van der Waals surface area contributed by atoms with Gasteiger partial charge in [0.05, 0.1) is 0 Å². The molecule has 0 aliphatic heterocycles. The molecule has 1 unspecified atom stereocenters. The fourth-order valence-corrected chi connectivity index (χ4v) is 2.43. The zero-order chi connectivity index (χ0) is 10.1. The molecule has 0 radical (unpaired) electrons. The zero-order valence-electron chi connectivity index (χ0n) is 7.34. The van der Waals surface area contributed by atoms with E-state index in [1.165, 1.54) is 0 Å². The number of rotatable bonds is 2. The van der Waals surface area contributed by atoms with Crippen molar-refractivity contribution in [1.29, 1.82) is 0 Å². The van der Waals surface area contributed by atoms with Gasteiger partial charge in [0.15, 0.2) is 0 Å². The van der Waals surface area contributed by atoms with Gasteiger partial charge in [0, 0.05) is 4.83 Å². The smallest absolute Gasteiger partial charge is 0.387 e. The summed E-state index contributed by atoms with van der Waals surface area (Å²) >= 11 is 3.49. The van der Waals surface area contributed by atoms with Gasteiger partial charge >= 0.3 is 6.61 Å². The molecule has 0 spiro atoms. The minimum Gasteiger partial charge on any atom is -0.435 e. The van der Waals surface area contributed by atoms with Gasteiger partial charge in [-0.3, -0.25) is 0 Å². The first kappa shape index (κ1) is 9.90. The average molecular weight is 263 g/mol. The molecule has 0 heterocycles. The van der Waals surface area contributed by atoms with Crippen molar-refractivity contribution in [2.75, 3.05) is 0 Å². The Morgan fingerprint density at radius 2 is 2.21 bits per heavy atom. The fourth-order valence-electron chi connectivity index (χ4n) is 1.78. The zero-order valence-corrected chi connectivity index (χ0v) is 8.93. The predicted molar refractivity (Wildman–Crippen MR) is 53.1 cm³/mol. The highest BCUT2D eigenvalue weighted by molar-refractivity contribution is 9.09. The van der Waals surface area contributed by atoms with E-state index in [1.807, 2.05) is 6.07 Å². The van der Waals surface area contributed by atoms with Gasteiger partial charge in [-0.25, -0.2) is 0 Å². The summed E-state index contributed by atoms with van der Waals surface area (Å²) < 4.78 is 28.6. The highest BCUT2D eigenvalue weighted by Crippen LogP contribution is 2.41. The van der Waals surface area contributed by atoms with E-state index in [0.29, 0.717) is 5.75 Å². The average Bonchev–Trinajstić information content (AvgIpc) is 2.49. The van der Waals surface area contributed by atoms with Gasteiger partial charge in [-0.1, -0.05) is 28.1 Å². The summed E-state index contributed by atoms with van der Waals surface area (Å²) in [7, 11) is 0. The van der Waals surface area contributed by atoms with Gasteiger partial charge in [-0.15, -0.1) is 0 Å². The molecule has 1 nitrogen and oxygen atoms in total. The minimum atomic E-state index is -2.74. The predicted octanol–water partition coefficient (Wildman–Crippen LogP) is 3.67. The van der Waals surface area contributed by atoms with Gasteiger partial charge in [-0.05, 0) is 30.0 Å². The van der Waals surface area contributed by atoms with E-state index in [1.54, 1.807) is 12.1 Å². The van der Waals surface area contributed by atoms with Crippen LogP contribution in [0.15, 0.2) is 18.2 Å². The number of halogens is 3. The van der Waals surface area contributed by atoms with Gasteiger partial charge in [0.2, 0.25) is 0 Å². The number of hydrogen-bond donors (Lipinski definition) is 0. The van der Waals surface area contributed by atoms with Gasteiger partial charge in [0.25, 0.3) is 0 Å². The Hall–Kier alpha value is -0.640. The third-order valence-corrected chi connectivity index (χ3v) is 3.32. The highest BCUT2D eigenvalue weighted by Gasteiger charge is 2.23. The van der Waals surface area contributed by atoms with Crippen LogP contribution in [0.4, 0.5) is 8.78 Å². The van der Waals surface area contributed by atoms with Gasteiger partial charge in [-0.2, -0.15) is 8.78 Å². The summed E-state index contributed by atoms with van der Waals surface area (Å²) in [5, 5.41) is 0. The van der Waals surface area contributed by atoms with E-state index >= 15 is 0 Å². The molecule has 0 bridgehead atoms. The number of hydrogen-bond acceptors (Lipinski definition) is 1. The van der Waals surface area contributed by atoms with Crippen molar-refractivity contribution < 1.29 is 13.5 Å². The third-order valence-electron chi connectivity index (χ3n) is 2.37. The molecule has 2 rings (SSSR count). The lowest BCUT2D eigenvalue weighted by atomic mass is 10.1. The van der Waals surface area contributed by atoms with Crippen LogP contribution in [0.25, 0.3) is 0 Å². The van der Waals surface area contributed by atoms with Crippen LogP contribution in [-0.4, -0.2) is 6.61 Å². The van der Waals surface area contributed by atoms with Crippen LogP contribution in [0.5, 0.6) is 5.75 Å². The van der Waals surface area contributed by atoms with E-state index in [0.717, 1.165) is 24.0 Å². The van der Waals surface area contributed by atoms with E-state index in [-0.39, 0.29) is 4.83 Å². The second-order valence-electron chi connectivity index (χ2n) is 3.21. The Labute approximate surface area is 89.2 Å². The maximum Gasteiger partial charge on any atom is 0.387 e. The lowest BCUT2D eigenvalue weighted by Gasteiger charge is -2.09. The Kier molecular flexibility index (Phi) is 2.72. The molecular weight excluding hydrogens is 254 g/mol. The van der Waals surface area contributed by atoms with Crippen LogP contribution in [0, 0.1) is 0 Å². The van der Waals surface area contributed by atoms with Gasteiger partial charge in [0.1, 0.15) is 5.75 Å². The van der Waals surface area contributed by atoms with Crippen molar-refractivity contribution in [2.45, 2.75) is 24.3 Å². The van der Waals surface area contributed by atoms with Crippen molar-refractivity contribution in [2.24, 2.45) is 0 Å². The van der Waals surface area contributed by atoms with Crippen LogP contribution in [0.3, 0.4) is 0 Å². The summed E-state index contributed by atoms with van der Waals surface area (Å²) in [5.41, 5.74) is 1.98. The van der Waals surface area contributed by atoms with E-state index in [2.05, 4.69) is 20.7 Å². The van der Waals surface area contributed by atoms with Crippen molar-refractivity contribution in [3.63, 3.8) is 0 Å². The first-order chi connectivity index (χ1) is 6.68. The molecule has 0 saturated carbocycles. The minimum absolute atomic E-state index is 0.277. The molecule has 0 saturated heterocycles. The van der Waals surface area contributed by atoms with Crippen molar-refractivity contribution in [3.8, 4) is 5.75 Å². The molecule has 1 aliphatic carbocycles. The Morgan fingerprint density at radius 1 is 1.43 bits per heavy atom. The fraction of sp³-hybridized carbons (Fsp3) is 0.400. The first-order valence-electron chi connectivity index (χ1n) is 4.39. The lowest BCUT2D eigenvalue weighted by molar-refractivity contribution is -0.0503. The van der Waals surface area contributed by atoms with Crippen molar-refractivity contribution in [1.82, 2.24) is 0 Å². The summed E-state index contributed by atoms with van der Waals surface area (Å²) in [6.07, 6.45) is 1.74. The Balaban J connectivity index is 2.34. The van der Waals surface area contributed by atoms with Crippen LogP contribution >= 0.6 is 15.9 Å². The van der Waals surface area contributed by atoms with Crippen LogP contribution in [0.2, 0.25) is 0 Å². The van der Waals surface area contributed by atoms with Crippen molar-refractivity contribution >= 4 is 15.9 Å². The normalized spacial score (nSPS) is 19.9. The largest absolute Gasteiger partial charge is 0.435 e. The molecule has 76 valence electrons. The number of fused-ring (bicyclic) bond motifs is 1. The maximum absolute atomic E-state index is 12.1. The third kappa shape index (κ3) is 1.75. The molecule has 0 fully saturated rings. The first-order valence-corrected chi connectivity index (χ1v) is 5.30. The second kappa shape index (κ2) is 3.85. The maximum atomic E-state index is 12.1. The molecule has 1 aliphatic rings. The molecule has 1 aromatic carbocycles. The molecule has 1 atom stereocenters. The number of ether oxygens (including phenoxy) is 1. The van der Waals surface area contributed by atoms with Crippen molar-refractivity contribution in [3.05, 3.63) is 29.3 Å². The number of alkyl halides is 3. The summed E-state index contributed by atoms with van der Waals surface area (Å²) in [5.74, 6) is 0.319. The molecule has 4 heteroatoms. The Bertz CT molecular complexity index is 341. The van der Waals surface area contributed by atoms with Crippen LogP contribution < -0.4 is 4.74 Å². The molecule has 0 amide bonds. The number of benzene rings is 1. The quantitative estimate of drug-likeness (QED) is 0.740. The van der Waals surface area contributed by atoms with Crippen LogP contribution in [-0.2, 0) is 6.42 Å². The summed E-state index contributed by atoms with van der Waals surface area (Å²) in [6.45, 7) is -2.74. The Morgan fingerprint density at radius 3 is 2.93 bits per heavy atom. The summed E-state index contributed by atoms with van der Waals surface area (Å²) in [6, 6.07) is 5.28. The summed E-state index contributed by atoms with van der Waals surface area (Å²) in [4.78, 5) is 0.277. The van der Waals surface area contributed by atoms with E-state index in [9.17, 15) is 8.78 Å². The second-order valence-corrected chi connectivity index (χ2v) is 4.31. The molecule has 0 N–H and O–H groups in total. The SMILES string of the molecule is FC(F)Oc1cccc2c1CCC2Br. The molecular formula is C10H9BrF2O. The highest BCUT2D eigenvalue weighted by atomic mass is 79.9. The monoisotopic (exact) mass is 262 g/mol.